The van der Waals surface area contributed by atoms with Gasteiger partial charge in [0.05, 0.1) is 16.9 Å². The molecule has 0 aliphatic rings. The van der Waals surface area contributed by atoms with Crippen molar-refractivity contribution in [2.75, 3.05) is 5.73 Å². The third-order valence-corrected chi connectivity index (χ3v) is 3.93. The van der Waals surface area contributed by atoms with E-state index in [0.717, 1.165) is 9.75 Å². The Balaban J connectivity index is 1.98. The monoisotopic (exact) mass is 253 g/mol. The molecule has 0 bridgehead atoms. The van der Waals surface area contributed by atoms with Crippen molar-refractivity contribution >= 4 is 34.3 Å². The van der Waals surface area contributed by atoms with Crippen LogP contribution in [0.3, 0.4) is 0 Å². The maximum atomic E-state index is 11.7. The molecule has 0 unspecified atom stereocenters. The first kappa shape index (κ1) is 11.1. The van der Waals surface area contributed by atoms with Gasteiger partial charge in [0.15, 0.2) is 0 Å². The number of hydrogen-bond donors (Lipinski definition) is 2. The number of thiazole rings is 1. The minimum absolute atomic E-state index is 0.0850. The van der Waals surface area contributed by atoms with E-state index in [1.807, 2.05) is 6.92 Å². The Morgan fingerprint density at radius 1 is 1.62 bits per heavy atom. The van der Waals surface area contributed by atoms with Crippen LogP contribution in [0.15, 0.2) is 17.8 Å². The number of carbonyl (C=O) groups excluding carboxylic acids is 1. The van der Waals surface area contributed by atoms with Gasteiger partial charge in [0.25, 0.3) is 5.91 Å². The van der Waals surface area contributed by atoms with Crippen LogP contribution in [-0.2, 0) is 6.54 Å². The van der Waals surface area contributed by atoms with Crippen molar-refractivity contribution in [2.45, 2.75) is 13.5 Å². The van der Waals surface area contributed by atoms with Crippen LogP contribution in [0, 0.1) is 6.92 Å². The Morgan fingerprint density at radius 3 is 3.00 bits per heavy atom. The average molecular weight is 253 g/mol. The number of amides is 1. The van der Waals surface area contributed by atoms with E-state index in [4.69, 9.17) is 5.73 Å². The van der Waals surface area contributed by atoms with E-state index in [9.17, 15) is 4.79 Å². The van der Waals surface area contributed by atoms with Gasteiger partial charge in [-0.15, -0.1) is 22.7 Å². The van der Waals surface area contributed by atoms with Crippen molar-refractivity contribution in [3.05, 3.63) is 32.4 Å². The molecular formula is C10H11N3OS2. The third-order valence-electron chi connectivity index (χ3n) is 2.09. The molecule has 0 saturated heterocycles. The van der Waals surface area contributed by atoms with Gasteiger partial charge >= 0.3 is 0 Å². The number of nitrogens with zero attached hydrogens (tertiary/aromatic N) is 1. The summed E-state index contributed by atoms with van der Waals surface area (Å²) >= 11 is 2.93. The van der Waals surface area contributed by atoms with Crippen LogP contribution >= 0.6 is 22.7 Å². The quantitative estimate of drug-likeness (QED) is 0.879. The second-order valence-corrected chi connectivity index (χ2v) is 5.50. The van der Waals surface area contributed by atoms with E-state index in [1.165, 1.54) is 22.7 Å². The summed E-state index contributed by atoms with van der Waals surface area (Å²) < 4.78 is 0. The summed E-state index contributed by atoms with van der Waals surface area (Å²) in [5, 5.41) is 2.83. The van der Waals surface area contributed by atoms with Gasteiger partial charge < -0.3 is 11.1 Å². The van der Waals surface area contributed by atoms with Crippen molar-refractivity contribution in [1.29, 1.82) is 0 Å². The second kappa shape index (κ2) is 4.63. The lowest BCUT2D eigenvalue weighted by Crippen LogP contribution is -2.21. The number of carbonyl (C=O) groups is 1. The summed E-state index contributed by atoms with van der Waals surface area (Å²) in [4.78, 5) is 18.3. The van der Waals surface area contributed by atoms with Crippen molar-refractivity contribution in [1.82, 2.24) is 10.3 Å². The highest BCUT2D eigenvalue weighted by Crippen LogP contribution is 2.23. The standard InChI is InChI=1S/C10H11N3OS2/c1-6-8(11)2-9(16-6)10(14)13-4-7-3-12-5-15-7/h2-3,5H,4,11H2,1H3,(H,13,14). The van der Waals surface area contributed by atoms with Gasteiger partial charge in [-0.25, -0.2) is 0 Å². The summed E-state index contributed by atoms with van der Waals surface area (Å²) in [7, 11) is 0. The molecule has 0 atom stereocenters. The molecule has 16 heavy (non-hydrogen) atoms. The van der Waals surface area contributed by atoms with Crippen molar-refractivity contribution in [2.24, 2.45) is 0 Å². The molecule has 84 valence electrons. The molecule has 0 radical (unpaired) electrons. The lowest BCUT2D eigenvalue weighted by Gasteiger charge is -1.99. The highest BCUT2D eigenvalue weighted by molar-refractivity contribution is 7.14. The number of thiophene rings is 1. The molecule has 2 aromatic rings. The Morgan fingerprint density at radius 2 is 2.44 bits per heavy atom. The summed E-state index contributed by atoms with van der Waals surface area (Å²) in [6.07, 6.45) is 1.75. The molecule has 2 aromatic heterocycles. The van der Waals surface area contributed by atoms with E-state index < -0.39 is 0 Å². The van der Waals surface area contributed by atoms with E-state index in [-0.39, 0.29) is 5.91 Å². The minimum Gasteiger partial charge on any atom is -0.398 e. The first-order valence-corrected chi connectivity index (χ1v) is 6.38. The molecule has 4 nitrogen and oxygen atoms in total. The number of anilines is 1. The first-order valence-electron chi connectivity index (χ1n) is 4.68. The van der Waals surface area contributed by atoms with Crippen LogP contribution in [0.1, 0.15) is 19.4 Å². The van der Waals surface area contributed by atoms with Crippen molar-refractivity contribution in [3.8, 4) is 0 Å². The van der Waals surface area contributed by atoms with E-state index in [0.29, 0.717) is 17.1 Å². The van der Waals surface area contributed by atoms with Gasteiger partial charge in [-0.05, 0) is 13.0 Å². The summed E-state index contributed by atoms with van der Waals surface area (Å²) in [5.41, 5.74) is 8.11. The number of hydrogen-bond acceptors (Lipinski definition) is 5. The molecule has 0 saturated carbocycles. The van der Waals surface area contributed by atoms with Crippen LogP contribution in [0.25, 0.3) is 0 Å². The normalized spacial score (nSPS) is 10.3. The zero-order valence-corrected chi connectivity index (χ0v) is 10.3. The lowest BCUT2D eigenvalue weighted by molar-refractivity contribution is 0.0955. The second-order valence-electron chi connectivity index (χ2n) is 3.27. The maximum absolute atomic E-state index is 11.7. The van der Waals surface area contributed by atoms with Crippen LogP contribution < -0.4 is 11.1 Å². The highest BCUT2D eigenvalue weighted by Gasteiger charge is 2.10. The SMILES string of the molecule is Cc1sc(C(=O)NCc2cncs2)cc1N. The van der Waals surface area contributed by atoms with Gasteiger partial charge in [-0.3, -0.25) is 9.78 Å². The maximum Gasteiger partial charge on any atom is 0.261 e. The largest absolute Gasteiger partial charge is 0.398 e. The van der Waals surface area contributed by atoms with Gasteiger partial charge in [0.2, 0.25) is 0 Å². The highest BCUT2D eigenvalue weighted by atomic mass is 32.1. The Labute approximate surface area is 101 Å². The van der Waals surface area contributed by atoms with E-state index in [1.54, 1.807) is 17.8 Å². The summed E-state index contributed by atoms with van der Waals surface area (Å²) in [5.74, 6) is -0.0850. The zero-order chi connectivity index (χ0) is 11.5. The molecule has 0 aliphatic carbocycles. The summed E-state index contributed by atoms with van der Waals surface area (Å²) in [6.45, 7) is 2.42. The van der Waals surface area contributed by atoms with Crippen LogP contribution in [0.5, 0.6) is 0 Å². The molecule has 0 aliphatic heterocycles. The number of aromatic nitrogens is 1. The van der Waals surface area contributed by atoms with Gasteiger partial charge in [0, 0.05) is 21.6 Å². The third kappa shape index (κ3) is 2.40. The predicted molar refractivity (Wildman–Crippen MR) is 66.8 cm³/mol. The van der Waals surface area contributed by atoms with Crippen LogP contribution in [-0.4, -0.2) is 10.9 Å². The van der Waals surface area contributed by atoms with Crippen LogP contribution in [0.2, 0.25) is 0 Å². The lowest BCUT2D eigenvalue weighted by atomic mass is 10.3. The molecule has 0 spiro atoms. The van der Waals surface area contributed by atoms with Gasteiger partial charge in [0.1, 0.15) is 0 Å². The smallest absolute Gasteiger partial charge is 0.261 e. The zero-order valence-electron chi connectivity index (χ0n) is 8.69. The van der Waals surface area contributed by atoms with Gasteiger partial charge in [-0.1, -0.05) is 0 Å². The number of nitrogens with two attached hydrogens (primary N) is 1. The minimum atomic E-state index is -0.0850. The first-order chi connectivity index (χ1) is 7.66. The number of nitrogens with one attached hydrogen (secondary N) is 1. The fraction of sp³-hybridized carbons (Fsp3) is 0.200. The number of aryl methyl sites for hydroxylation is 1. The molecule has 6 heteroatoms. The Bertz CT molecular complexity index is 471. The molecular weight excluding hydrogens is 242 g/mol. The average Bonchev–Trinajstić information content (AvgIpc) is 2.86. The summed E-state index contributed by atoms with van der Waals surface area (Å²) in [6, 6.07) is 1.71. The van der Waals surface area contributed by atoms with Crippen molar-refractivity contribution in [3.63, 3.8) is 0 Å². The fourth-order valence-corrected chi connectivity index (χ4v) is 2.58. The van der Waals surface area contributed by atoms with Gasteiger partial charge in [-0.2, -0.15) is 0 Å². The predicted octanol–water partition coefficient (Wildman–Crippen LogP) is 2.03. The molecule has 0 fully saturated rings. The fourth-order valence-electron chi connectivity index (χ4n) is 1.19. The Hall–Kier alpha value is -1.40. The molecule has 3 N–H and O–H groups in total. The molecule has 2 heterocycles. The number of rotatable bonds is 3. The van der Waals surface area contributed by atoms with E-state index >= 15 is 0 Å². The van der Waals surface area contributed by atoms with E-state index in [2.05, 4.69) is 10.3 Å². The number of nitrogen functional groups attached to an aromatic ring is 1. The molecule has 0 aromatic carbocycles. The molecule has 2 rings (SSSR count). The van der Waals surface area contributed by atoms with Crippen LogP contribution in [0.4, 0.5) is 5.69 Å². The topological polar surface area (TPSA) is 68.0 Å². The molecule has 1 amide bonds. The Kier molecular flexibility index (Phi) is 3.21. The van der Waals surface area contributed by atoms with Crippen molar-refractivity contribution < 1.29 is 4.79 Å².